The summed E-state index contributed by atoms with van der Waals surface area (Å²) in [7, 11) is 0. The topological polar surface area (TPSA) is 55.1 Å². The van der Waals surface area contributed by atoms with Gasteiger partial charge >= 0.3 is 5.97 Å². The number of hydrogen-bond acceptors (Lipinski definition) is 2. The van der Waals surface area contributed by atoms with Crippen LogP contribution in [0.5, 0.6) is 0 Å². The maximum atomic E-state index is 12.1. The first kappa shape index (κ1) is 11.6. The average Bonchev–Trinajstić information content (AvgIpc) is 2.48. The summed E-state index contributed by atoms with van der Waals surface area (Å²) in [6.45, 7) is 1.34. The van der Waals surface area contributed by atoms with E-state index in [-0.39, 0.29) is 5.69 Å². The summed E-state index contributed by atoms with van der Waals surface area (Å²) >= 11 is 0. The van der Waals surface area contributed by atoms with Gasteiger partial charge in [0.1, 0.15) is 6.54 Å². The number of carboxylic acids is 1. The zero-order valence-electron chi connectivity index (χ0n) is 8.28. The van der Waals surface area contributed by atoms with Crippen molar-refractivity contribution in [1.29, 1.82) is 0 Å². The Morgan fingerprint density at radius 1 is 1.67 bits per heavy atom. The van der Waals surface area contributed by atoms with E-state index >= 15 is 0 Å². The zero-order chi connectivity index (χ0) is 11.4. The molecular weight excluding hydrogens is 206 g/mol. The molecule has 1 aromatic heterocycles. The number of carbonyl (C=O) groups is 1. The number of hydrogen-bond donors (Lipinski definition) is 1. The van der Waals surface area contributed by atoms with Crippen molar-refractivity contribution in [2.45, 2.75) is 32.7 Å². The van der Waals surface area contributed by atoms with Crippen LogP contribution >= 0.6 is 0 Å². The molecule has 0 fully saturated rings. The molecule has 0 aliphatic rings. The molecule has 0 bridgehead atoms. The lowest BCUT2D eigenvalue weighted by Crippen LogP contribution is -2.12. The van der Waals surface area contributed by atoms with E-state index in [1.807, 2.05) is 6.92 Å². The van der Waals surface area contributed by atoms with Gasteiger partial charge in [0.25, 0.3) is 6.43 Å². The number of alkyl halides is 2. The smallest absolute Gasteiger partial charge is 0.356 e. The Kier molecular flexibility index (Phi) is 3.76. The Bertz CT molecular complexity index is 350. The van der Waals surface area contributed by atoms with Gasteiger partial charge in [-0.15, -0.1) is 0 Å². The van der Waals surface area contributed by atoms with Crippen LogP contribution in [0.25, 0.3) is 0 Å². The van der Waals surface area contributed by atoms with Crippen LogP contribution in [0.15, 0.2) is 6.07 Å². The number of aryl methyl sites for hydroxylation is 1. The number of carboxylic acid groups (broad SMARTS) is 1. The zero-order valence-corrected chi connectivity index (χ0v) is 8.28. The molecule has 6 heteroatoms. The Labute approximate surface area is 85.5 Å². The van der Waals surface area contributed by atoms with E-state index in [1.165, 1.54) is 6.07 Å². The van der Waals surface area contributed by atoms with Crippen LogP contribution in [0.3, 0.4) is 0 Å². The van der Waals surface area contributed by atoms with Gasteiger partial charge in [-0.05, 0) is 12.5 Å². The molecule has 0 amide bonds. The molecule has 0 aliphatic carbocycles. The van der Waals surface area contributed by atoms with Gasteiger partial charge in [-0.1, -0.05) is 13.3 Å². The van der Waals surface area contributed by atoms with Crippen LogP contribution in [-0.2, 0) is 13.0 Å². The molecule has 0 atom stereocenters. The van der Waals surface area contributed by atoms with Crippen molar-refractivity contribution in [2.24, 2.45) is 0 Å². The minimum Gasteiger partial charge on any atom is -0.476 e. The highest BCUT2D eigenvalue weighted by Gasteiger charge is 2.15. The fourth-order valence-corrected chi connectivity index (χ4v) is 1.31. The van der Waals surface area contributed by atoms with Gasteiger partial charge in [0.05, 0.1) is 0 Å². The largest absolute Gasteiger partial charge is 0.476 e. The molecule has 0 unspecified atom stereocenters. The normalized spacial score (nSPS) is 10.9. The molecule has 0 saturated carbocycles. The van der Waals surface area contributed by atoms with Crippen LogP contribution in [-0.4, -0.2) is 27.3 Å². The van der Waals surface area contributed by atoms with E-state index in [1.54, 1.807) is 0 Å². The summed E-state index contributed by atoms with van der Waals surface area (Å²) in [6.07, 6.45) is -1.22. The molecule has 0 spiro atoms. The Morgan fingerprint density at radius 3 is 2.80 bits per heavy atom. The molecule has 0 aromatic carbocycles. The van der Waals surface area contributed by atoms with Crippen LogP contribution in [0.4, 0.5) is 8.78 Å². The third-order valence-corrected chi connectivity index (χ3v) is 1.90. The van der Waals surface area contributed by atoms with Crippen LogP contribution < -0.4 is 0 Å². The standard InChI is InChI=1S/C9H12F2N2O2/c1-2-3-6-4-7(9(14)15)12-13(6)5-8(10)11/h4,8H,2-3,5H2,1H3,(H,14,15). The molecule has 0 radical (unpaired) electrons. The van der Waals surface area contributed by atoms with Gasteiger partial charge in [0.15, 0.2) is 5.69 Å². The number of rotatable bonds is 5. The molecule has 0 aliphatic heterocycles. The van der Waals surface area contributed by atoms with Crippen molar-refractivity contribution in [3.05, 3.63) is 17.5 Å². The van der Waals surface area contributed by atoms with E-state index < -0.39 is 18.9 Å². The summed E-state index contributed by atoms with van der Waals surface area (Å²) in [5.74, 6) is -1.19. The maximum absolute atomic E-state index is 12.1. The number of nitrogens with zero attached hydrogens (tertiary/aromatic N) is 2. The van der Waals surface area contributed by atoms with Crippen molar-refractivity contribution in [3.63, 3.8) is 0 Å². The average molecular weight is 218 g/mol. The fourth-order valence-electron chi connectivity index (χ4n) is 1.31. The second-order valence-electron chi connectivity index (χ2n) is 3.15. The van der Waals surface area contributed by atoms with Crippen molar-refractivity contribution < 1.29 is 18.7 Å². The summed E-state index contributed by atoms with van der Waals surface area (Å²) in [5, 5.41) is 12.3. The monoisotopic (exact) mass is 218 g/mol. The lowest BCUT2D eigenvalue weighted by molar-refractivity contribution is 0.0686. The second kappa shape index (κ2) is 4.86. The number of aromatic carboxylic acids is 1. The van der Waals surface area contributed by atoms with Crippen LogP contribution in [0.2, 0.25) is 0 Å². The van der Waals surface area contributed by atoms with Crippen LogP contribution in [0, 0.1) is 0 Å². The molecule has 1 heterocycles. The SMILES string of the molecule is CCCc1cc(C(=O)O)nn1CC(F)F. The first-order valence-corrected chi connectivity index (χ1v) is 4.62. The van der Waals surface area contributed by atoms with E-state index in [9.17, 15) is 13.6 Å². The first-order chi connectivity index (χ1) is 7.04. The first-order valence-electron chi connectivity index (χ1n) is 4.62. The van der Waals surface area contributed by atoms with Gasteiger partial charge in [0.2, 0.25) is 0 Å². The molecular formula is C9H12F2N2O2. The second-order valence-corrected chi connectivity index (χ2v) is 3.15. The molecule has 0 saturated heterocycles. The third-order valence-electron chi connectivity index (χ3n) is 1.90. The summed E-state index contributed by atoms with van der Waals surface area (Å²) in [6, 6.07) is 1.34. The highest BCUT2D eigenvalue weighted by atomic mass is 19.3. The van der Waals surface area contributed by atoms with Gasteiger partial charge in [-0.2, -0.15) is 5.10 Å². The Morgan fingerprint density at radius 2 is 2.33 bits per heavy atom. The third kappa shape index (κ3) is 3.00. The summed E-state index contributed by atoms with van der Waals surface area (Å²) < 4.78 is 25.4. The lowest BCUT2D eigenvalue weighted by Gasteiger charge is -2.04. The van der Waals surface area contributed by atoms with E-state index in [4.69, 9.17) is 5.11 Å². The van der Waals surface area contributed by atoms with Crippen LogP contribution in [0.1, 0.15) is 29.5 Å². The Balaban J connectivity index is 2.94. The van der Waals surface area contributed by atoms with Gasteiger partial charge < -0.3 is 5.11 Å². The van der Waals surface area contributed by atoms with Crippen molar-refractivity contribution >= 4 is 5.97 Å². The van der Waals surface area contributed by atoms with Crippen molar-refractivity contribution in [2.75, 3.05) is 0 Å². The number of halogens is 2. The lowest BCUT2D eigenvalue weighted by atomic mass is 10.2. The number of aromatic nitrogens is 2. The predicted octanol–water partition coefficient (Wildman–Crippen LogP) is 1.80. The highest BCUT2D eigenvalue weighted by molar-refractivity contribution is 5.85. The van der Waals surface area contributed by atoms with E-state index in [0.29, 0.717) is 12.1 Å². The minimum atomic E-state index is -2.53. The maximum Gasteiger partial charge on any atom is 0.356 e. The summed E-state index contributed by atoms with van der Waals surface area (Å²) in [4.78, 5) is 10.6. The van der Waals surface area contributed by atoms with Gasteiger partial charge in [-0.3, -0.25) is 4.68 Å². The van der Waals surface area contributed by atoms with Crippen molar-refractivity contribution in [3.8, 4) is 0 Å². The highest BCUT2D eigenvalue weighted by Crippen LogP contribution is 2.09. The van der Waals surface area contributed by atoms with Gasteiger partial charge in [-0.25, -0.2) is 13.6 Å². The Hall–Kier alpha value is -1.46. The quantitative estimate of drug-likeness (QED) is 0.819. The fraction of sp³-hybridized carbons (Fsp3) is 0.556. The minimum absolute atomic E-state index is 0.181. The summed E-state index contributed by atoms with van der Waals surface area (Å²) in [5.41, 5.74) is 0.356. The van der Waals surface area contributed by atoms with Crippen molar-refractivity contribution in [1.82, 2.24) is 9.78 Å². The molecule has 4 nitrogen and oxygen atoms in total. The molecule has 15 heavy (non-hydrogen) atoms. The molecule has 1 rings (SSSR count). The molecule has 1 aromatic rings. The van der Waals surface area contributed by atoms with E-state index in [0.717, 1.165) is 11.1 Å². The predicted molar refractivity (Wildman–Crippen MR) is 49.2 cm³/mol. The molecule has 1 N–H and O–H groups in total. The van der Waals surface area contributed by atoms with E-state index in [2.05, 4.69) is 5.10 Å². The van der Waals surface area contributed by atoms with Gasteiger partial charge in [0, 0.05) is 5.69 Å². The molecule has 84 valence electrons.